The lowest BCUT2D eigenvalue weighted by molar-refractivity contribution is -0.130. The zero-order valence-electron chi connectivity index (χ0n) is 11.7. The maximum Gasteiger partial charge on any atom is 0.337 e. The number of aromatic carboxylic acids is 1. The number of hydrogen-bond donors (Lipinski definition) is 2. The van der Waals surface area contributed by atoms with Crippen molar-refractivity contribution in [3.05, 3.63) is 23.4 Å². The van der Waals surface area contributed by atoms with Crippen molar-refractivity contribution in [2.45, 2.75) is 32.7 Å². The molecule has 1 amide bonds. The van der Waals surface area contributed by atoms with E-state index in [2.05, 4.69) is 10.3 Å². The van der Waals surface area contributed by atoms with Crippen molar-refractivity contribution in [3.8, 4) is 0 Å². The van der Waals surface area contributed by atoms with Gasteiger partial charge in [-0.25, -0.2) is 9.78 Å². The molecule has 0 radical (unpaired) electrons. The topological polar surface area (TPSA) is 82.5 Å². The van der Waals surface area contributed by atoms with Crippen LogP contribution in [0, 0.1) is 6.92 Å². The minimum atomic E-state index is -0.997. The van der Waals surface area contributed by atoms with Crippen molar-refractivity contribution >= 4 is 17.7 Å². The Balaban J connectivity index is 2.04. The molecule has 0 aromatic carbocycles. The molecule has 1 saturated heterocycles. The third-order valence-electron chi connectivity index (χ3n) is 3.47. The first kappa shape index (κ1) is 14.3. The van der Waals surface area contributed by atoms with E-state index in [9.17, 15) is 9.59 Å². The SMILES string of the molecule is Cc1nc(NC(C)C(=O)N2CCCC2)ccc1C(=O)O. The number of nitrogens with zero attached hydrogens (tertiary/aromatic N) is 2. The number of rotatable bonds is 4. The number of anilines is 1. The highest BCUT2D eigenvalue weighted by Gasteiger charge is 2.23. The summed E-state index contributed by atoms with van der Waals surface area (Å²) in [5.41, 5.74) is 0.609. The highest BCUT2D eigenvalue weighted by Crippen LogP contribution is 2.14. The molecule has 1 atom stereocenters. The van der Waals surface area contributed by atoms with Crippen molar-refractivity contribution < 1.29 is 14.7 Å². The minimum absolute atomic E-state index is 0.0595. The maximum absolute atomic E-state index is 12.2. The van der Waals surface area contributed by atoms with E-state index in [-0.39, 0.29) is 17.5 Å². The van der Waals surface area contributed by atoms with Gasteiger partial charge in [-0.3, -0.25) is 4.79 Å². The quantitative estimate of drug-likeness (QED) is 0.871. The molecular formula is C14H19N3O3. The predicted octanol–water partition coefficient (Wildman–Crippen LogP) is 1.51. The molecule has 1 fully saturated rings. The fourth-order valence-corrected chi connectivity index (χ4v) is 2.36. The highest BCUT2D eigenvalue weighted by molar-refractivity contribution is 5.89. The zero-order chi connectivity index (χ0) is 14.7. The van der Waals surface area contributed by atoms with E-state index in [0.29, 0.717) is 11.5 Å². The van der Waals surface area contributed by atoms with Crippen LogP contribution in [0.1, 0.15) is 35.8 Å². The van der Waals surface area contributed by atoms with Crippen molar-refractivity contribution in [1.82, 2.24) is 9.88 Å². The summed E-state index contributed by atoms with van der Waals surface area (Å²) in [6.07, 6.45) is 2.12. The van der Waals surface area contributed by atoms with Gasteiger partial charge in [-0.05, 0) is 38.8 Å². The Kier molecular flexibility index (Phi) is 4.22. The van der Waals surface area contributed by atoms with E-state index in [1.54, 1.807) is 19.9 Å². The first-order valence-electron chi connectivity index (χ1n) is 6.75. The number of hydrogen-bond acceptors (Lipinski definition) is 4. The second-order valence-corrected chi connectivity index (χ2v) is 5.03. The normalized spacial score (nSPS) is 16.0. The number of pyridine rings is 1. The molecule has 1 unspecified atom stereocenters. The smallest absolute Gasteiger partial charge is 0.337 e. The van der Waals surface area contributed by atoms with E-state index in [1.807, 2.05) is 4.90 Å². The van der Waals surface area contributed by atoms with Crippen molar-refractivity contribution in [2.24, 2.45) is 0 Å². The van der Waals surface area contributed by atoms with Crippen LogP contribution in [0.15, 0.2) is 12.1 Å². The fourth-order valence-electron chi connectivity index (χ4n) is 2.36. The number of carboxylic acids is 1. The van der Waals surface area contributed by atoms with Gasteiger partial charge >= 0.3 is 5.97 Å². The molecule has 6 heteroatoms. The third-order valence-corrected chi connectivity index (χ3v) is 3.47. The molecule has 1 aliphatic heterocycles. The Morgan fingerprint density at radius 1 is 1.35 bits per heavy atom. The number of carbonyl (C=O) groups excluding carboxylic acids is 1. The van der Waals surface area contributed by atoms with Gasteiger partial charge in [0, 0.05) is 13.1 Å². The minimum Gasteiger partial charge on any atom is -0.478 e. The van der Waals surface area contributed by atoms with Crippen LogP contribution in [-0.4, -0.2) is 46.0 Å². The lowest BCUT2D eigenvalue weighted by Crippen LogP contribution is -2.39. The standard InChI is InChI=1S/C14H19N3O3/c1-9-11(14(19)20)5-6-12(15-9)16-10(2)13(18)17-7-3-4-8-17/h5-6,10H,3-4,7-8H2,1-2H3,(H,15,16)(H,19,20). The number of aromatic nitrogens is 1. The van der Waals surface area contributed by atoms with Crippen LogP contribution in [0.2, 0.25) is 0 Å². The summed E-state index contributed by atoms with van der Waals surface area (Å²) < 4.78 is 0. The van der Waals surface area contributed by atoms with Crippen LogP contribution >= 0.6 is 0 Å². The van der Waals surface area contributed by atoms with Crippen LogP contribution in [0.5, 0.6) is 0 Å². The second-order valence-electron chi connectivity index (χ2n) is 5.03. The first-order chi connectivity index (χ1) is 9.49. The molecular weight excluding hydrogens is 258 g/mol. The van der Waals surface area contributed by atoms with E-state index in [0.717, 1.165) is 25.9 Å². The van der Waals surface area contributed by atoms with E-state index >= 15 is 0 Å². The zero-order valence-corrected chi connectivity index (χ0v) is 11.7. The summed E-state index contributed by atoms with van der Waals surface area (Å²) in [5.74, 6) is -0.417. The molecule has 1 aromatic rings. The molecule has 1 aromatic heterocycles. The molecule has 0 bridgehead atoms. The Hall–Kier alpha value is -2.11. The first-order valence-corrected chi connectivity index (χ1v) is 6.75. The monoisotopic (exact) mass is 277 g/mol. The Bertz CT molecular complexity index is 524. The molecule has 1 aliphatic rings. The van der Waals surface area contributed by atoms with Crippen molar-refractivity contribution in [3.63, 3.8) is 0 Å². The number of likely N-dealkylation sites (tertiary alicyclic amines) is 1. The van der Waals surface area contributed by atoms with Gasteiger partial charge in [0.25, 0.3) is 0 Å². The molecule has 108 valence electrons. The summed E-state index contributed by atoms with van der Waals surface area (Å²) in [4.78, 5) is 29.1. The lowest BCUT2D eigenvalue weighted by Gasteiger charge is -2.21. The Morgan fingerprint density at radius 2 is 2.00 bits per heavy atom. The molecule has 0 saturated carbocycles. The van der Waals surface area contributed by atoms with Gasteiger partial charge in [-0.15, -0.1) is 0 Å². The van der Waals surface area contributed by atoms with Gasteiger partial charge in [0.2, 0.25) is 5.91 Å². The lowest BCUT2D eigenvalue weighted by atomic mass is 10.2. The van der Waals surface area contributed by atoms with Gasteiger partial charge in [0.1, 0.15) is 11.9 Å². The van der Waals surface area contributed by atoms with Gasteiger partial charge in [-0.1, -0.05) is 0 Å². The van der Waals surface area contributed by atoms with Crippen LogP contribution < -0.4 is 5.32 Å². The summed E-state index contributed by atoms with van der Waals surface area (Å²) in [6, 6.07) is 2.72. The van der Waals surface area contributed by atoms with Gasteiger partial charge < -0.3 is 15.3 Å². The Morgan fingerprint density at radius 3 is 2.55 bits per heavy atom. The molecule has 0 spiro atoms. The van der Waals surface area contributed by atoms with E-state index < -0.39 is 5.97 Å². The van der Waals surface area contributed by atoms with E-state index in [4.69, 9.17) is 5.11 Å². The van der Waals surface area contributed by atoms with Crippen LogP contribution in [0.4, 0.5) is 5.82 Å². The summed E-state index contributed by atoms with van der Waals surface area (Å²) in [5, 5.41) is 12.0. The second kappa shape index (κ2) is 5.90. The Labute approximate surface area is 117 Å². The van der Waals surface area contributed by atoms with Gasteiger partial charge in [0.15, 0.2) is 0 Å². The molecule has 0 aliphatic carbocycles. The molecule has 20 heavy (non-hydrogen) atoms. The largest absolute Gasteiger partial charge is 0.478 e. The maximum atomic E-state index is 12.2. The number of carboxylic acid groups (broad SMARTS) is 1. The van der Waals surface area contributed by atoms with Crippen LogP contribution in [0.25, 0.3) is 0 Å². The average molecular weight is 277 g/mol. The summed E-state index contributed by atoms with van der Waals surface area (Å²) >= 11 is 0. The molecule has 2 heterocycles. The number of carbonyl (C=O) groups is 2. The number of amides is 1. The van der Waals surface area contributed by atoms with E-state index in [1.165, 1.54) is 6.07 Å². The van der Waals surface area contributed by atoms with Crippen molar-refractivity contribution in [1.29, 1.82) is 0 Å². The molecule has 2 rings (SSSR count). The molecule has 2 N–H and O–H groups in total. The summed E-state index contributed by atoms with van der Waals surface area (Å²) in [7, 11) is 0. The number of aryl methyl sites for hydroxylation is 1. The highest BCUT2D eigenvalue weighted by atomic mass is 16.4. The third kappa shape index (κ3) is 3.07. The van der Waals surface area contributed by atoms with Crippen molar-refractivity contribution in [2.75, 3.05) is 18.4 Å². The van der Waals surface area contributed by atoms with Crippen LogP contribution in [0.3, 0.4) is 0 Å². The van der Waals surface area contributed by atoms with Gasteiger partial charge in [0.05, 0.1) is 11.3 Å². The van der Waals surface area contributed by atoms with Gasteiger partial charge in [-0.2, -0.15) is 0 Å². The summed E-state index contributed by atoms with van der Waals surface area (Å²) in [6.45, 7) is 5.06. The molecule has 6 nitrogen and oxygen atoms in total. The van der Waals surface area contributed by atoms with Crippen LogP contribution in [-0.2, 0) is 4.79 Å². The predicted molar refractivity (Wildman–Crippen MR) is 74.8 cm³/mol. The fraction of sp³-hybridized carbons (Fsp3) is 0.500. The number of nitrogens with one attached hydrogen (secondary N) is 1. The average Bonchev–Trinajstić information content (AvgIpc) is 2.91.